The van der Waals surface area contributed by atoms with Gasteiger partial charge in [-0.3, -0.25) is 0 Å². The van der Waals surface area contributed by atoms with Crippen LogP contribution in [0.25, 0.3) is 5.69 Å². The van der Waals surface area contributed by atoms with E-state index in [2.05, 4.69) is 10.4 Å². The highest BCUT2D eigenvalue weighted by Crippen LogP contribution is 2.27. The van der Waals surface area contributed by atoms with Gasteiger partial charge in [-0.05, 0) is 29.7 Å². The van der Waals surface area contributed by atoms with Crippen LogP contribution >= 0.6 is 0 Å². The second-order valence-corrected chi connectivity index (χ2v) is 5.23. The van der Waals surface area contributed by atoms with Gasteiger partial charge in [0, 0.05) is 25.9 Å². The van der Waals surface area contributed by atoms with E-state index in [0.29, 0.717) is 18.8 Å². The molecule has 1 unspecified atom stereocenters. The normalized spacial score (nSPS) is 13.3. The standard InChI is InChI=1S/C15H18F3N3O/c1-11(10-22)8-19-9-12-2-4-13(5-3-12)21-7-6-14(20-21)15(16,17)18/h2-7,11,19,22H,8-10H2,1H3. The van der Waals surface area contributed by atoms with Gasteiger partial charge in [-0.25, -0.2) is 4.68 Å². The number of nitrogens with zero attached hydrogens (tertiary/aromatic N) is 2. The first-order chi connectivity index (χ1) is 10.4. The topological polar surface area (TPSA) is 50.1 Å². The first-order valence-corrected chi connectivity index (χ1v) is 6.94. The summed E-state index contributed by atoms with van der Waals surface area (Å²) in [7, 11) is 0. The summed E-state index contributed by atoms with van der Waals surface area (Å²) in [6.07, 6.45) is -3.14. The molecule has 0 aliphatic heterocycles. The van der Waals surface area contributed by atoms with Gasteiger partial charge in [0.15, 0.2) is 5.69 Å². The third kappa shape index (κ3) is 4.32. The molecule has 4 nitrogen and oxygen atoms in total. The van der Waals surface area contributed by atoms with Crippen molar-refractivity contribution in [2.24, 2.45) is 5.92 Å². The van der Waals surface area contributed by atoms with Crippen molar-refractivity contribution >= 4 is 0 Å². The maximum atomic E-state index is 12.5. The van der Waals surface area contributed by atoms with Gasteiger partial charge in [-0.2, -0.15) is 18.3 Å². The molecule has 0 aliphatic carbocycles. The molecular formula is C15H18F3N3O. The fourth-order valence-corrected chi connectivity index (χ4v) is 1.91. The zero-order valence-corrected chi connectivity index (χ0v) is 12.1. The highest BCUT2D eigenvalue weighted by molar-refractivity contribution is 5.34. The predicted molar refractivity (Wildman–Crippen MR) is 76.5 cm³/mol. The SMILES string of the molecule is CC(CO)CNCc1ccc(-n2ccc(C(F)(F)F)n2)cc1. The monoisotopic (exact) mass is 313 g/mol. The molecule has 2 aromatic rings. The Hall–Kier alpha value is -1.86. The minimum atomic E-state index is -4.43. The van der Waals surface area contributed by atoms with Crippen LogP contribution < -0.4 is 5.32 Å². The fraction of sp³-hybridized carbons (Fsp3) is 0.400. The zero-order chi connectivity index (χ0) is 16.2. The zero-order valence-electron chi connectivity index (χ0n) is 12.1. The van der Waals surface area contributed by atoms with E-state index in [9.17, 15) is 13.2 Å². The van der Waals surface area contributed by atoms with Crippen molar-refractivity contribution in [3.63, 3.8) is 0 Å². The molecule has 1 heterocycles. The summed E-state index contributed by atoms with van der Waals surface area (Å²) in [5, 5.41) is 15.7. The van der Waals surface area contributed by atoms with Crippen molar-refractivity contribution in [2.75, 3.05) is 13.2 Å². The number of nitrogens with one attached hydrogen (secondary N) is 1. The van der Waals surface area contributed by atoms with Crippen LogP contribution in [0.5, 0.6) is 0 Å². The smallest absolute Gasteiger partial charge is 0.396 e. The van der Waals surface area contributed by atoms with Gasteiger partial charge in [-0.15, -0.1) is 0 Å². The molecule has 2 rings (SSSR count). The molecule has 1 aromatic heterocycles. The van der Waals surface area contributed by atoms with E-state index < -0.39 is 11.9 Å². The maximum Gasteiger partial charge on any atom is 0.435 e. The molecule has 7 heteroatoms. The van der Waals surface area contributed by atoms with Gasteiger partial charge >= 0.3 is 6.18 Å². The molecule has 0 saturated heterocycles. The van der Waals surface area contributed by atoms with Crippen molar-refractivity contribution in [2.45, 2.75) is 19.6 Å². The van der Waals surface area contributed by atoms with Crippen LogP contribution in [0.2, 0.25) is 0 Å². The summed E-state index contributed by atoms with van der Waals surface area (Å²) in [5.74, 6) is 0.184. The molecule has 2 N–H and O–H groups in total. The second kappa shape index (κ2) is 6.93. The molecule has 0 spiro atoms. The van der Waals surface area contributed by atoms with Crippen LogP contribution in [0, 0.1) is 5.92 Å². The van der Waals surface area contributed by atoms with E-state index in [1.54, 1.807) is 12.1 Å². The van der Waals surface area contributed by atoms with Crippen LogP contribution in [-0.2, 0) is 12.7 Å². The van der Waals surface area contributed by atoms with Gasteiger partial charge in [0.2, 0.25) is 0 Å². The van der Waals surface area contributed by atoms with Crippen LogP contribution in [-0.4, -0.2) is 28.0 Å². The molecule has 0 amide bonds. The van der Waals surface area contributed by atoms with E-state index >= 15 is 0 Å². The molecule has 0 saturated carbocycles. The quantitative estimate of drug-likeness (QED) is 0.862. The molecule has 120 valence electrons. The number of rotatable bonds is 6. The van der Waals surface area contributed by atoms with E-state index in [1.165, 1.54) is 10.9 Å². The minimum Gasteiger partial charge on any atom is -0.396 e. The van der Waals surface area contributed by atoms with Crippen LogP contribution in [0.3, 0.4) is 0 Å². The van der Waals surface area contributed by atoms with E-state index in [1.807, 2.05) is 19.1 Å². The van der Waals surface area contributed by atoms with Gasteiger partial charge < -0.3 is 10.4 Å². The summed E-state index contributed by atoms with van der Waals surface area (Å²) in [5.41, 5.74) is 0.677. The van der Waals surface area contributed by atoms with Gasteiger partial charge in [0.25, 0.3) is 0 Å². The summed E-state index contributed by atoms with van der Waals surface area (Å²) in [6.45, 7) is 3.41. The molecule has 1 atom stereocenters. The number of aliphatic hydroxyl groups excluding tert-OH is 1. The number of aliphatic hydroxyl groups is 1. The summed E-state index contributed by atoms with van der Waals surface area (Å²) < 4.78 is 38.7. The lowest BCUT2D eigenvalue weighted by atomic mass is 10.1. The molecule has 22 heavy (non-hydrogen) atoms. The van der Waals surface area contributed by atoms with Crippen LogP contribution in [0.4, 0.5) is 13.2 Å². The Kier molecular flexibility index (Phi) is 5.20. The van der Waals surface area contributed by atoms with E-state index in [4.69, 9.17) is 5.11 Å². The molecule has 0 radical (unpaired) electrons. The van der Waals surface area contributed by atoms with E-state index in [0.717, 1.165) is 11.6 Å². The molecular weight excluding hydrogens is 295 g/mol. The Morgan fingerprint density at radius 3 is 2.45 bits per heavy atom. The highest BCUT2D eigenvalue weighted by Gasteiger charge is 2.33. The lowest BCUT2D eigenvalue weighted by Crippen LogP contribution is -2.22. The number of halogens is 3. The van der Waals surface area contributed by atoms with Gasteiger partial charge in [0.1, 0.15) is 0 Å². The minimum absolute atomic E-state index is 0.132. The van der Waals surface area contributed by atoms with Gasteiger partial charge in [-0.1, -0.05) is 19.1 Å². The van der Waals surface area contributed by atoms with Crippen molar-refractivity contribution in [3.8, 4) is 5.69 Å². The Bertz CT molecular complexity index is 593. The molecule has 0 fully saturated rings. The fourth-order valence-electron chi connectivity index (χ4n) is 1.91. The number of hydrogen-bond acceptors (Lipinski definition) is 3. The Morgan fingerprint density at radius 1 is 1.23 bits per heavy atom. The highest BCUT2D eigenvalue weighted by atomic mass is 19.4. The number of benzene rings is 1. The Balaban J connectivity index is 1.98. The first-order valence-electron chi connectivity index (χ1n) is 6.94. The predicted octanol–water partition coefficient (Wildman–Crippen LogP) is 2.61. The lowest BCUT2D eigenvalue weighted by molar-refractivity contribution is -0.141. The van der Waals surface area contributed by atoms with Crippen LogP contribution in [0.15, 0.2) is 36.5 Å². The van der Waals surface area contributed by atoms with E-state index in [-0.39, 0.29) is 12.5 Å². The number of hydrogen-bond donors (Lipinski definition) is 2. The van der Waals surface area contributed by atoms with Crippen molar-refractivity contribution in [1.29, 1.82) is 0 Å². The third-order valence-electron chi connectivity index (χ3n) is 3.21. The summed E-state index contributed by atoms with van der Waals surface area (Å²) in [4.78, 5) is 0. The number of aromatic nitrogens is 2. The maximum absolute atomic E-state index is 12.5. The molecule has 1 aromatic carbocycles. The lowest BCUT2D eigenvalue weighted by Gasteiger charge is -2.10. The first kappa shape index (κ1) is 16.5. The number of alkyl halides is 3. The Morgan fingerprint density at radius 2 is 1.91 bits per heavy atom. The summed E-state index contributed by atoms with van der Waals surface area (Å²) >= 11 is 0. The second-order valence-electron chi connectivity index (χ2n) is 5.23. The van der Waals surface area contributed by atoms with Crippen molar-refractivity contribution < 1.29 is 18.3 Å². The molecule has 0 bridgehead atoms. The van der Waals surface area contributed by atoms with Gasteiger partial charge in [0.05, 0.1) is 5.69 Å². The van der Waals surface area contributed by atoms with Crippen molar-refractivity contribution in [3.05, 3.63) is 47.8 Å². The largest absolute Gasteiger partial charge is 0.435 e. The Labute approximate surface area is 126 Å². The van der Waals surface area contributed by atoms with Crippen LogP contribution in [0.1, 0.15) is 18.2 Å². The average Bonchev–Trinajstić information content (AvgIpc) is 2.97. The average molecular weight is 313 g/mol. The molecule has 0 aliphatic rings. The summed E-state index contributed by atoms with van der Waals surface area (Å²) in [6, 6.07) is 8.06. The van der Waals surface area contributed by atoms with Crippen molar-refractivity contribution in [1.82, 2.24) is 15.1 Å². The third-order valence-corrected chi connectivity index (χ3v) is 3.21.